The summed E-state index contributed by atoms with van der Waals surface area (Å²) < 4.78 is 5.46. The van der Waals surface area contributed by atoms with Gasteiger partial charge in [0.15, 0.2) is 12.1 Å². The zero-order valence-electron chi connectivity index (χ0n) is 9.91. The van der Waals surface area contributed by atoms with Gasteiger partial charge in [0.05, 0.1) is 12.4 Å². The molecule has 1 fully saturated rings. The molecule has 8 nitrogen and oxygen atoms in total. The standard InChI is InChI=1S/C10H12N4O4S/c1-4-5(15)6(16)7(18-4)14-3-13-10(19)8(14)11-2-12-9(10)17/h2-7,15-16,19H,1H3/t4-,5-,6-,7-,10?/m1/s1. The maximum atomic E-state index is 11.7. The van der Waals surface area contributed by atoms with E-state index in [9.17, 15) is 15.0 Å². The van der Waals surface area contributed by atoms with Gasteiger partial charge in [-0.1, -0.05) is 0 Å². The van der Waals surface area contributed by atoms with Crippen LogP contribution < -0.4 is 0 Å². The lowest BCUT2D eigenvalue weighted by Crippen LogP contribution is -2.51. The van der Waals surface area contributed by atoms with Gasteiger partial charge in [0, 0.05) is 0 Å². The number of carbonyl (C=O) groups excluding carboxylic acids is 1. The van der Waals surface area contributed by atoms with Gasteiger partial charge in [-0.15, -0.1) is 12.6 Å². The van der Waals surface area contributed by atoms with Crippen LogP contribution in [0.15, 0.2) is 15.0 Å². The maximum absolute atomic E-state index is 11.7. The van der Waals surface area contributed by atoms with E-state index in [0.717, 1.165) is 6.34 Å². The maximum Gasteiger partial charge on any atom is 0.293 e. The molecule has 3 rings (SSSR count). The summed E-state index contributed by atoms with van der Waals surface area (Å²) in [5.74, 6) is -0.346. The van der Waals surface area contributed by atoms with Crippen molar-refractivity contribution in [3.8, 4) is 0 Å². The lowest BCUT2D eigenvalue weighted by atomic mass is 10.1. The number of carbonyl (C=O) groups is 1. The average Bonchev–Trinajstić information content (AvgIpc) is 2.84. The Bertz CT molecular complexity index is 522. The van der Waals surface area contributed by atoms with Gasteiger partial charge < -0.3 is 14.9 Å². The minimum absolute atomic E-state index is 0.209. The second kappa shape index (κ2) is 4.10. The van der Waals surface area contributed by atoms with E-state index in [1.54, 1.807) is 6.92 Å². The van der Waals surface area contributed by atoms with Crippen LogP contribution in [0.25, 0.3) is 0 Å². The number of amides is 1. The summed E-state index contributed by atoms with van der Waals surface area (Å²) in [6, 6.07) is 0. The highest BCUT2D eigenvalue weighted by atomic mass is 32.1. The monoisotopic (exact) mass is 284 g/mol. The van der Waals surface area contributed by atoms with Crippen LogP contribution in [-0.2, 0) is 9.53 Å². The van der Waals surface area contributed by atoms with Crippen molar-refractivity contribution in [1.82, 2.24) is 4.90 Å². The van der Waals surface area contributed by atoms with Crippen LogP contribution in [0, 0.1) is 0 Å². The lowest BCUT2D eigenvalue weighted by molar-refractivity contribution is -0.118. The summed E-state index contributed by atoms with van der Waals surface area (Å²) in [6.45, 7) is 1.64. The molecule has 1 unspecified atom stereocenters. The molecule has 0 aromatic heterocycles. The Morgan fingerprint density at radius 1 is 1.47 bits per heavy atom. The molecule has 1 amide bonds. The fraction of sp³-hybridized carbons (Fsp3) is 0.600. The molecule has 0 spiro atoms. The van der Waals surface area contributed by atoms with Crippen molar-refractivity contribution in [2.24, 2.45) is 15.0 Å². The van der Waals surface area contributed by atoms with Crippen LogP contribution in [0.2, 0.25) is 0 Å². The van der Waals surface area contributed by atoms with Crippen LogP contribution in [0.1, 0.15) is 6.92 Å². The Kier molecular flexibility index (Phi) is 2.75. The van der Waals surface area contributed by atoms with Gasteiger partial charge in [0.1, 0.15) is 18.5 Å². The first-order chi connectivity index (χ1) is 8.95. The zero-order chi connectivity index (χ0) is 13.8. The number of amidine groups is 1. The molecule has 3 aliphatic rings. The van der Waals surface area contributed by atoms with Crippen LogP contribution in [0.3, 0.4) is 0 Å². The Morgan fingerprint density at radius 2 is 2.21 bits per heavy atom. The Hall–Kier alpha value is -1.29. The number of hydrogen-bond acceptors (Lipinski definition) is 8. The average molecular weight is 284 g/mol. The van der Waals surface area contributed by atoms with Gasteiger partial charge in [-0.3, -0.25) is 9.69 Å². The van der Waals surface area contributed by atoms with E-state index in [-0.39, 0.29) is 5.84 Å². The second-order valence-electron chi connectivity index (χ2n) is 4.54. The van der Waals surface area contributed by atoms with Gasteiger partial charge in [0.2, 0.25) is 4.87 Å². The number of ether oxygens (including phenoxy) is 1. The third kappa shape index (κ3) is 1.66. The van der Waals surface area contributed by atoms with Crippen molar-refractivity contribution in [1.29, 1.82) is 0 Å². The van der Waals surface area contributed by atoms with Gasteiger partial charge in [-0.05, 0) is 6.92 Å². The Balaban J connectivity index is 1.93. The predicted octanol–water partition coefficient (Wildman–Crippen LogP) is -1.61. The van der Waals surface area contributed by atoms with E-state index in [2.05, 4.69) is 27.6 Å². The summed E-state index contributed by atoms with van der Waals surface area (Å²) in [5.41, 5.74) is 0. The van der Waals surface area contributed by atoms with E-state index in [4.69, 9.17) is 4.74 Å². The SMILES string of the molecule is C[C@H]1O[C@@H](N2C=NC3(S)C(=O)N=CN=C23)[C@H](O)[C@@H]1O. The molecule has 1 saturated heterocycles. The smallest absolute Gasteiger partial charge is 0.293 e. The number of rotatable bonds is 1. The van der Waals surface area contributed by atoms with E-state index in [1.165, 1.54) is 11.2 Å². The lowest BCUT2D eigenvalue weighted by Gasteiger charge is -2.29. The Morgan fingerprint density at radius 3 is 2.84 bits per heavy atom. The topological polar surface area (TPSA) is 107 Å². The van der Waals surface area contributed by atoms with Gasteiger partial charge >= 0.3 is 0 Å². The van der Waals surface area contributed by atoms with E-state index < -0.39 is 35.3 Å². The third-order valence-corrected chi connectivity index (χ3v) is 3.84. The summed E-state index contributed by atoms with van der Waals surface area (Å²) >= 11 is 4.20. The van der Waals surface area contributed by atoms with Crippen molar-refractivity contribution < 1.29 is 19.7 Å². The highest BCUT2D eigenvalue weighted by Gasteiger charge is 2.53. The van der Waals surface area contributed by atoms with Crippen LogP contribution in [0.4, 0.5) is 0 Å². The minimum Gasteiger partial charge on any atom is -0.388 e. The number of aliphatic hydroxyl groups is 2. The van der Waals surface area contributed by atoms with Crippen molar-refractivity contribution >= 4 is 37.0 Å². The molecule has 9 heteroatoms. The number of aliphatic hydroxyl groups excluding tert-OH is 2. The van der Waals surface area contributed by atoms with Crippen molar-refractivity contribution in [2.45, 2.75) is 36.3 Å². The molecule has 3 heterocycles. The van der Waals surface area contributed by atoms with E-state index >= 15 is 0 Å². The molecule has 0 aliphatic carbocycles. The fourth-order valence-electron chi connectivity index (χ4n) is 2.22. The summed E-state index contributed by atoms with van der Waals surface area (Å²) in [6.07, 6.45) is -1.11. The number of hydrogen-bond donors (Lipinski definition) is 3. The summed E-state index contributed by atoms with van der Waals surface area (Å²) in [4.78, 5) is 23.1. The number of thiol groups is 1. The van der Waals surface area contributed by atoms with Crippen LogP contribution in [-0.4, -0.2) is 68.9 Å². The first-order valence-electron chi connectivity index (χ1n) is 5.68. The molecular weight excluding hydrogens is 272 g/mol. The summed E-state index contributed by atoms with van der Waals surface area (Å²) in [7, 11) is 0. The molecule has 0 aromatic carbocycles. The van der Waals surface area contributed by atoms with Crippen molar-refractivity contribution in [3.05, 3.63) is 0 Å². The molecule has 19 heavy (non-hydrogen) atoms. The number of nitrogens with zero attached hydrogens (tertiary/aromatic N) is 4. The fourth-order valence-corrected chi connectivity index (χ4v) is 2.50. The molecule has 0 bridgehead atoms. The molecular formula is C10H12N4O4S. The molecule has 0 radical (unpaired) electrons. The molecule has 0 saturated carbocycles. The van der Waals surface area contributed by atoms with E-state index in [0.29, 0.717) is 0 Å². The Labute approximate surface area is 113 Å². The third-order valence-electron chi connectivity index (χ3n) is 3.33. The van der Waals surface area contributed by atoms with Gasteiger partial charge in [-0.25, -0.2) is 9.98 Å². The first-order valence-corrected chi connectivity index (χ1v) is 6.13. The molecule has 5 atom stereocenters. The minimum atomic E-state index is -1.48. The number of fused-ring (bicyclic) bond motifs is 1. The van der Waals surface area contributed by atoms with Gasteiger partial charge in [0.25, 0.3) is 5.91 Å². The predicted molar refractivity (Wildman–Crippen MR) is 69.3 cm³/mol. The number of aliphatic imine (C=N–C) groups is 3. The highest BCUT2D eigenvalue weighted by molar-refractivity contribution is 7.83. The second-order valence-corrected chi connectivity index (χ2v) is 5.19. The normalized spacial score (nSPS) is 44.7. The summed E-state index contributed by atoms with van der Waals surface area (Å²) in [5, 5.41) is 19.7. The molecule has 0 aromatic rings. The van der Waals surface area contributed by atoms with Crippen molar-refractivity contribution in [3.63, 3.8) is 0 Å². The highest BCUT2D eigenvalue weighted by Crippen LogP contribution is 2.33. The van der Waals surface area contributed by atoms with Crippen LogP contribution >= 0.6 is 12.6 Å². The molecule has 102 valence electrons. The van der Waals surface area contributed by atoms with Crippen molar-refractivity contribution in [2.75, 3.05) is 0 Å². The molecule has 2 N–H and O–H groups in total. The quantitative estimate of drug-likeness (QED) is 0.502. The molecule has 3 aliphatic heterocycles. The first kappa shape index (κ1) is 12.7. The van der Waals surface area contributed by atoms with E-state index in [1.807, 2.05) is 0 Å². The zero-order valence-corrected chi connectivity index (χ0v) is 10.8. The van der Waals surface area contributed by atoms with Gasteiger partial charge in [-0.2, -0.15) is 4.99 Å². The largest absolute Gasteiger partial charge is 0.388 e. The van der Waals surface area contributed by atoms with Crippen LogP contribution in [0.5, 0.6) is 0 Å².